The fourth-order valence-corrected chi connectivity index (χ4v) is 4.59. The van der Waals surface area contributed by atoms with Gasteiger partial charge in [0.25, 0.3) is 5.91 Å². The van der Waals surface area contributed by atoms with Gasteiger partial charge in [0.1, 0.15) is 17.9 Å². The fourth-order valence-electron chi connectivity index (χ4n) is 4.03. The molecule has 8 nitrogen and oxygen atoms in total. The zero-order valence-corrected chi connectivity index (χ0v) is 20.6. The molecule has 1 saturated carbocycles. The summed E-state index contributed by atoms with van der Waals surface area (Å²) in [6.07, 6.45) is 7.52. The Bertz CT molecular complexity index is 1060. The molecule has 1 aliphatic carbocycles. The first-order valence-corrected chi connectivity index (χ1v) is 12.3. The SMILES string of the molecule is O=C(O)CC(=O)Nc1cc(Cl)c(Oc2ccc(O)c(C(=O)NCC3CCCCCCC3)c2)c(Cl)c1. The Hall–Kier alpha value is -2.97. The number of anilines is 1. The van der Waals surface area contributed by atoms with E-state index in [1.807, 2.05) is 0 Å². The van der Waals surface area contributed by atoms with Gasteiger partial charge in [-0.25, -0.2) is 0 Å². The predicted octanol–water partition coefficient (Wildman–Crippen LogP) is 5.99. The summed E-state index contributed by atoms with van der Waals surface area (Å²) in [6.45, 7) is 0.552. The summed E-state index contributed by atoms with van der Waals surface area (Å²) < 4.78 is 5.77. The molecule has 10 heteroatoms. The second kappa shape index (κ2) is 12.7. The van der Waals surface area contributed by atoms with Gasteiger partial charge in [-0.1, -0.05) is 55.3 Å². The largest absolute Gasteiger partial charge is 0.507 e. The maximum absolute atomic E-state index is 12.8. The summed E-state index contributed by atoms with van der Waals surface area (Å²) >= 11 is 12.5. The number of amides is 2. The molecule has 4 N–H and O–H groups in total. The van der Waals surface area contributed by atoms with Crippen molar-refractivity contribution in [2.24, 2.45) is 5.92 Å². The molecule has 35 heavy (non-hydrogen) atoms. The molecule has 2 amide bonds. The highest BCUT2D eigenvalue weighted by molar-refractivity contribution is 6.37. The van der Waals surface area contributed by atoms with Gasteiger partial charge in [0.05, 0.1) is 15.6 Å². The lowest BCUT2D eigenvalue weighted by Gasteiger charge is -2.20. The Morgan fingerprint density at radius 3 is 2.23 bits per heavy atom. The van der Waals surface area contributed by atoms with Gasteiger partial charge in [0, 0.05) is 12.2 Å². The van der Waals surface area contributed by atoms with E-state index in [4.69, 9.17) is 33.0 Å². The van der Waals surface area contributed by atoms with Crippen LogP contribution in [0.2, 0.25) is 10.0 Å². The number of carboxylic acids is 1. The fraction of sp³-hybridized carbons (Fsp3) is 0.400. The van der Waals surface area contributed by atoms with E-state index < -0.39 is 24.2 Å². The van der Waals surface area contributed by atoms with Crippen molar-refractivity contribution < 1.29 is 29.3 Å². The van der Waals surface area contributed by atoms with Crippen molar-refractivity contribution in [3.8, 4) is 17.2 Å². The molecular weight excluding hydrogens is 495 g/mol. The van der Waals surface area contributed by atoms with Crippen LogP contribution >= 0.6 is 23.2 Å². The summed E-state index contributed by atoms with van der Waals surface area (Å²) in [5, 5.41) is 24.4. The number of ether oxygens (including phenoxy) is 1. The quantitative estimate of drug-likeness (QED) is 0.315. The van der Waals surface area contributed by atoms with E-state index in [1.165, 1.54) is 62.4 Å². The topological polar surface area (TPSA) is 125 Å². The molecule has 0 bridgehead atoms. The maximum Gasteiger partial charge on any atom is 0.312 e. The van der Waals surface area contributed by atoms with Gasteiger partial charge in [-0.2, -0.15) is 0 Å². The molecule has 0 heterocycles. The van der Waals surface area contributed by atoms with Crippen LogP contribution in [0.4, 0.5) is 5.69 Å². The molecule has 2 aromatic carbocycles. The van der Waals surface area contributed by atoms with Crippen LogP contribution < -0.4 is 15.4 Å². The van der Waals surface area contributed by atoms with Crippen molar-refractivity contribution in [3.05, 3.63) is 45.9 Å². The van der Waals surface area contributed by atoms with Gasteiger partial charge in [-0.05, 0) is 49.1 Å². The minimum atomic E-state index is -1.27. The zero-order chi connectivity index (χ0) is 25.4. The lowest BCUT2D eigenvalue weighted by molar-refractivity contribution is -0.139. The second-order valence-corrected chi connectivity index (χ2v) is 9.40. The van der Waals surface area contributed by atoms with E-state index in [1.54, 1.807) is 0 Å². The van der Waals surface area contributed by atoms with Crippen molar-refractivity contribution in [2.45, 2.75) is 51.4 Å². The Kier molecular flexibility index (Phi) is 9.63. The monoisotopic (exact) mass is 522 g/mol. The van der Waals surface area contributed by atoms with Gasteiger partial charge in [0.15, 0.2) is 5.75 Å². The van der Waals surface area contributed by atoms with Crippen LogP contribution in [0.25, 0.3) is 0 Å². The first-order valence-electron chi connectivity index (χ1n) is 11.5. The van der Waals surface area contributed by atoms with Crippen LogP contribution in [0, 0.1) is 5.92 Å². The molecule has 0 unspecified atom stereocenters. The standard InChI is InChI=1S/C25H28Cl2N2O6/c26-19-10-16(29-22(31)13-23(32)33)11-20(27)24(19)35-17-8-9-21(30)18(12-17)25(34)28-14-15-6-4-2-1-3-5-7-15/h8-12,15,30H,1-7,13-14H2,(H,28,34)(H,29,31)(H,32,33). The number of hydrogen-bond donors (Lipinski definition) is 4. The number of carbonyl (C=O) groups is 3. The van der Waals surface area contributed by atoms with E-state index >= 15 is 0 Å². The second-order valence-electron chi connectivity index (χ2n) is 8.59. The number of phenols is 1. The summed E-state index contributed by atoms with van der Waals surface area (Å²) in [7, 11) is 0. The van der Waals surface area contributed by atoms with Gasteiger partial charge >= 0.3 is 5.97 Å². The zero-order valence-electron chi connectivity index (χ0n) is 19.1. The first kappa shape index (κ1) is 26.6. The molecule has 0 radical (unpaired) electrons. The van der Waals surface area contributed by atoms with Crippen LogP contribution in [0.1, 0.15) is 61.7 Å². The molecule has 3 rings (SSSR count). The van der Waals surface area contributed by atoms with Crippen molar-refractivity contribution >= 4 is 46.7 Å². The maximum atomic E-state index is 12.8. The number of carbonyl (C=O) groups excluding carboxylic acids is 2. The summed E-state index contributed by atoms with van der Waals surface area (Å²) in [5.41, 5.74) is 0.275. The minimum absolute atomic E-state index is 0.0616. The van der Waals surface area contributed by atoms with Crippen LogP contribution in [0.5, 0.6) is 17.2 Å². The highest BCUT2D eigenvalue weighted by Gasteiger charge is 2.18. The van der Waals surface area contributed by atoms with Crippen molar-refractivity contribution in [1.29, 1.82) is 0 Å². The van der Waals surface area contributed by atoms with E-state index in [-0.39, 0.29) is 38.5 Å². The Labute approximate surface area is 213 Å². The number of rotatable bonds is 8. The van der Waals surface area contributed by atoms with E-state index in [2.05, 4.69) is 10.6 Å². The average molecular weight is 523 g/mol. The lowest BCUT2D eigenvalue weighted by Crippen LogP contribution is -2.29. The number of aromatic hydroxyl groups is 1. The average Bonchev–Trinajstić information content (AvgIpc) is 2.75. The van der Waals surface area contributed by atoms with Crippen LogP contribution in [0.3, 0.4) is 0 Å². The van der Waals surface area contributed by atoms with E-state index in [9.17, 15) is 19.5 Å². The summed E-state index contributed by atoms with van der Waals surface area (Å²) in [4.78, 5) is 35.1. The number of carboxylic acid groups (broad SMARTS) is 1. The van der Waals surface area contributed by atoms with Crippen molar-refractivity contribution in [3.63, 3.8) is 0 Å². The Morgan fingerprint density at radius 2 is 1.60 bits per heavy atom. The lowest BCUT2D eigenvalue weighted by atomic mass is 9.91. The predicted molar refractivity (Wildman–Crippen MR) is 134 cm³/mol. The van der Waals surface area contributed by atoms with Crippen molar-refractivity contribution in [1.82, 2.24) is 5.32 Å². The molecule has 2 aromatic rings. The van der Waals surface area contributed by atoms with Crippen LogP contribution in [-0.4, -0.2) is 34.5 Å². The van der Waals surface area contributed by atoms with Crippen LogP contribution in [0.15, 0.2) is 30.3 Å². The third-order valence-electron chi connectivity index (χ3n) is 5.80. The highest BCUT2D eigenvalue weighted by Crippen LogP contribution is 2.39. The normalized spacial score (nSPS) is 14.5. The molecule has 1 fully saturated rings. The molecular formula is C25H28Cl2N2O6. The number of aliphatic carboxylic acids is 1. The minimum Gasteiger partial charge on any atom is -0.507 e. The highest BCUT2D eigenvalue weighted by atomic mass is 35.5. The van der Waals surface area contributed by atoms with Gasteiger partial charge < -0.3 is 25.6 Å². The molecule has 0 aliphatic heterocycles. The number of phenolic OH excluding ortho intramolecular Hbond substituents is 1. The Balaban J connectivity index is 1.68. The van der Waals surface area contributed by atoms with Crippen LogP contribution in [-0.2, 0) is 9.59 Å². The van der Waals surface area contributed by atoms with Gasteiger partial charge in [-0.3, -0.25) is 14.4 Å². The van der Waals surface area contributed by atoms with Gasteiger partial charge in [-0.15, -0.1) is 0 Å². The van der Waals surface area contributed by atoms with E-state index in [0.29, 0.717) is 12.5 Å². The molecule has 0 atom stereocenters. The van der Waals surface area contributed by atoms with E-state index in [0.717, 1.165) is 12.8 Å². The summed E-state index contributed by atoms with van der Waals surface area (Å²) in [6, 6.07) is 6.95. The molecule has 0 aromatic heterocycles. The smallest absolute Gasteiger partial charge is 0.312 e. The molecule has 0 saturated heterocycles. The number of hydrogen-bond acceptors (Lipinski definition) is 5. The third kappa shape index (κ3) is 8.04. The first-order chi connectivity index (χ1) is 16.7. The summed E-state index contributed by atoms with van der Waals surface area (Å²) in [5.74, 6) is -1.84. The molecule has 188 valence electrons. The molecule has 1 aliphatic rings. The number of halogens is 2. The molecule has 0 spiro atoms. The third-order valence-corrected chi connectivity index (χ3v) is 6.36. The number of nitrogens with one attached hydrogen (secondary N) is 2. The Morgan fingerprint density at radius 1 is 0.971 bits per heavy atom. The number of benzene rings is 2. The van der Waals surface area contributed by atoms with Crippen molar-refractivity contribution in [2.75, 3.05) is 11.9 Å². The van der Waals surface area contributed by atoms with Gasteiger partial charge in [0.2, 0.25) is 5.91 Å².